The van der Waals surface area contributed by atoms with Crippen molar-refractivity contribution in [2.75, 3.05) is 27.7 Å². The van der Waals surface area contributed by atoms with Crippen LogP contribution in [0.25, 0.3) is 0 Å². The number of nitrogens with zero attached hydrogens (tertiary/aromatic N) is 1. The summed E-state index contributed by atoms with van der Waals surface area (Å²) in [6.07, 6.45) is 14.4. The maximum absolute atomic E-state index is 2.29. The molecule has 0 unspecified atom stereocenters. The van der Waals surface area contributed by atoms with Crippen molar-refractivity contribution in [2.24, 2.45) is 0 Å². The van der Waals surface area contributed by atoms with Gasteiger partial charge in [-0.3, -0.25) is 0 Å². The van der Waals surface area contributed by atoms with Gasteiger partial charge < -0.3 is 10.6 Å². The zero-order chi connectivity index (χ0) is 12.3. The quantitative estimate of drug-likeness (QED) is 0.294. The summed E-state index contributed by atoms with van der Waals surface area (Å²) in [6.45, 7) is 3.62. The summed E-state index contributed by atoms with van der Waals surface area (Å²) < 4.78 is 1.12. The maximum atomic E-state index is 2.29. The Bertz CT molecular complexity index is 144. The Hall–Kier alpha value is 0.650. The van der Waals surface area contributed by atoms with Gasteiger partial charge in [-0.1, -0.05) is 58.3 Å². The first-order valence-electron chi connectivity index (χ1n) is 7.36. The molecule has 0 aromatic carbocycles. The van der Waals surface area contributed by atoms with Gasteiger partial charge in [0.2, 0.25) is 0 Å². The Morgan fingerprint density at radius 2 is 0.944 bits per heavy atom. The van der Waals surface area contributed by atoms with E-state index in [9.17, 15) is 0 Å². The molecule has 0 atom stereocenters. The van der Waals surface area contributed by atoms with Crippen LogP contribution in [-0.2, 0) is 0 Å². The standard InChI is InChI=1S/C15H34N.HI.H3N/c1-5-6-7-8-9-10-11-12-13-14-15-16(2,3)4;;/h5-15H2,1-4H3;1H;1H3/q+1;;. The highest BCUT2D eigenvalue weighted by atomic mass is 127. The zero-order valence-corrected chi connectivity index (χ0v) is 15.7. The SMILES string of the molecule is CCCCCCCCCCCC[N+](C)(C)C.I.N. The minimum absolute atomic E-state index is 0. The van der Waals surface area contributed by atoms with Gasteiger partial charge in [-0.15, -0.1) is 24.0 Å². The van der Waals surface area contributed by atoms with Crippen molar-refractivity contribution in [1.29, 1.82) is 0 Å². The molecule has 114 valence electrons. The molecule has 0 saturated carbocycles. The Morgan fingerprint density at radius 1 is 0.611 bits per heavy atom. The van der Waals surface area contributed by atoms with Gasteiger partial charge in [0, 0.05) is 0 Å². The van der Waals surface area contributed by atoms with E-state index in [-0.39, 0.29) is 30.1 Å². The highest BCUT2D eigenvalue weighted by Gasteiger charge is 2.04. The van der Waals surface area contributed by atoms with Crippen LogP contribution in [0.4, 0.5) is 0 Å². The maximum Gasteiger partial charge on any atom is 0.0780 e. The van der Waals surface area contributed by atoms with E-state index in [4.69, 9.17) is 0 Å². The van der Waals surface area contributed by atoms with Gasteiger partial charge >= 0.3 is 0 Å². The van der Waals surface area contributed by atoms with Crippen molar-refractivity contribution in [3.63, 3.8) is 0 Å². The molecule has 3 N–H and O–H groups in total. The fourth-order valence-corrected chi connectivity index (χ4v) is 2.07. The highest BCUT2D eigenvalue weighted by Crippen LogP contribution is 2.10. The van der Waals surface area contributed by atoms with Crippen LogP contribution < -0.4 is 6.15 Å². The third kappa shape index (κ3) is 21.9. The third-order valence-corrected chi connectivity index (χ3v) is 3.18. The lowest BCUT2D eigenvalue weighted by atomic mass is 10.1. The second kappa shape index (κ2) is 15.7. The topological polar surface area (TPSA) is 35.0 Å². The van der Waals surface area contributed by atoms with Crippen LogP contribution >= 0.6 is 24.0 Å². The molecule has 0 radical (unpaired) electrons. The summed E-state index contributed by atoms with van der Waals surface area (Å²) in [6, 6.07) is 0. The predicted molar refractivity (Wildman–Crippen MR) is 95.2 cm³/mol. The molecule has 0 aromatic heterocycles. The van der Waals surface area contributed by atoms with Crippen LogP contribution in [0.15, 0.2) is 0 Å². The van der Waals surface area contributed by atoms with E-state index in [0.29, 0.717) is 0 Å². The van der Waals surface area contributed by atoms with Crippen LogP contribution in [0.2, 0.25) is 0 Å². The van der Waals surface area contributed by atoms with Crippen molar-refractivity contribution < 1.29 is 4.48 Å². The van der Waals surface area contributed by atoms with E-state index < -0.39 is 0 Å². The summed E-state index contributed by atoms with van der Waals surface area (Å²) in [4.78, 5) is 0. The van der Waals surface area contributed by atoms with Gasteiger partial charge in [0.1, 0.15) is 0 Å². The van der Waals surface area contributed by atoms with Crippen molar-refractivity contribution in [3.8, 4) is 0 Å². The average molecular weight is 373 g/mol. The molecule has 0 aliphatic heterocycles. The van der Waals surface area contributed by atoms with Crippen LogP contribution in [0.3, 0.4) is 0 Å². The van der Waals surface area contributed by atoms with E-state index in [1.165, 1.54) is 70.8 Å². The molecule has 2 nitrogen and oxygen atoms in total. The Labute approximate surface area is 133 Å². The monoisotopic (exact) mass is 373 g/mol. The molecule has 18 heavy (non-hydrogen) atoms. The Kier molecular flexibility index (Phi) is 20.7. The van der Waals surface area contributed by atoms with Crippen LogP contribution in [0.5, 0.6) is 0 Å². The molecule has 0 rings (SSSR count). The first kappa shape index (κ1) is 23.7. The molecular formula is C15H38IN2+. The largest absolute Gasteiger partial charge is 0.344 e. The third-order valence-electron chi connectivity index (χ3n) is 3.18. The summed E-state index contributed by atoms with van der Waals surface area (Å²) in [7, 11) is 6.86. The van der Waals surface area contributed by atoms with Gasteiger partial charge in [0.15, 0.2) is 0 Å². The first-order chi connectivity index (χ1) is 7.56. The number of quaternary nitrogens is 1. The van der Waals surface area contributed by atoms with Gasteiger partial charge in [-0.2, -0.15) is 0 Å². The molecule has 0 saturated heterocycles. The molecule has 0 fully saturated rings. The number of unbranched alkanes of at least 4 members (excludes halogenated alkanes) is 9. The zero-order valence-electron chi connectivity index (χ0n) is 13.3. The molecule has 0 amide bonds. The molecule has 0 spiro atoms. The first-order valence-corrected chi connectivity index (χ1v) is 7.36. The summed E-state index contributed by atoms with van der Waals surface area (Å²) in [5, 5.41) is 0. The second-order valence-electron chi connectivity index (χ2n) is 6.20. The van der Waals surface area contributed by atoms with E-state index in [1.807, 2.05) is 0 Å². The Morgan fingerprint density at radius 3 is 1.28 bits per heavy atom. The van der Waals surface area contributed by atoms with Gasteiger partial charge in [0.25, 0.3) is 0 Å². The molecule has 0 heterocycles. The molecule has 0 bridgehead atoms. The lowest BCUT2D eigenvalue weighted by molar-refractivity contribution is -0.870. The van der Waals surface area contributed by atoms with Crippen molar-refractivity contribution >= 4 is 24.0 Å². The number of halogens is 1. The minimum atomic E-state index is 0. The highest BCUT2D eigenvalue weighted by molar-refractivity contribution is 14.0. The van der Waals surface area contributed by atoms with Crippen LogP contribution in [0.1, 0.15) is 71.1 Å². The van der Waals surface area contributed by atoms with Crippen molar-refractivity contribution in [3.05, 3.63) is 0 Å². The summed E-state index contributed by atoms with van der Waals surface area (Å²) in [5.41, 5.74) is 0. The molecule has 0 aromatic rings. The van der Waals surface area contributed by atoms with Crippen LogP contribution in [-0.4, -0.2) is 32.2 Å². The van der Waals surface area contributed by atoms with Crippen LogP contribution in [0, 0.1) is 0 Å². The smallest absolute Gasteiger partial charge is 0.0780 e. The van der Waals surface area contributed by atoms with Gasteiger partial charge in [-0.05, 0) is 12.8 Å². The number of hydrogen-bond acceptors (Lipinski definition) is 1. The van der Waals surface area contributed by atoms with E-state index in [1.54, 1.807) is 0 Å². The van der Waals surface area contributed by atoms with Gasteiger partial charge in [-0.25, -0.2) is 0 Å². The summed E-state index contributed by atoms with van der Waals surface area (Å²) in [5.74, 6) is 0. The fraction of sp³-hybridized carbons (Fsp3) is 1.00. The minimum Gasteiger partial charge on any atom is -0.344 e. The van der Waals surface area contributed by atoms with E-state index in [2.05, 4.69) is 28.1 Å². The normalized spacial score (nSPS) is 10.7. The van der Waals surface area contributed by atoms with E-state index >= 15 is 0 Å². The second-order valence-corrected chi connectivity index (χ2v) is 6.20. The Balaban J connectivity index is -0.00000112. The molecule has 3 heteroatoms. The van der Waals surface area contributed by atoms with Gasteiger partial charge in [0.05, 0.1) is 27.7 Å². The van der Waals surface area contributed by atoms with Crippen molar-refractivity contribution in [1.82, 2.24) is 6.15 Å². The number of hydrogen-bond donors (Lipinski definition) is 1. The molecular weight excluding hydrogens is 335 g/mol. The lowest BCUT2D eigenvalue weighted by Gasteiger charge is -2.23. The summed E-state index contributed by atoms with van der Waals surface area (Å²) >= 11 is 0. The predicted octanol–water partition coefficient (Wildman–Crippen LogP) is 5.39. The molecule has 0 aliphatic carbocycles. The number of rotatable bonds is 11. The molecule has 0 aliphatic rings. The van der Waals surface area contributed by atoms with E-state index in [0.717, 1.165) is 4.48 Å². The average Bonchev–Trinajstić information content (AvgIpc) is 2.19. The lowest BCUT2D eigenvalue weighted by Crippen LogP contribution is -2.35. The van der Waals surface area contributed by atoms with Crippen molar-refractivity contribution in [2.45, 2.75) is 71.1 Å². The fourth-order valence-electron chi connectivity index (χ4n) is 2.07.